The second-order valence-electron chi connectivity index (χ2n) is 6.96. The van der Waals surface area contributed by atoms with Gasteiger partial charge in [-0.1, -0.05) is 15.9 Å². The van der Waals surface area contributed by atoms with Gasteiger partial charge in [-0.05, 0) is 34.9 Å². The van der Waals surface area contributed by atoms with Gasteiger partial charge in [-0.2, -0.15) is 0 Å². The van der Waals surface area contributed by atoms with Crippen LogP contribution < -0.4 is 4.74 Å². The van der Waals surface area contributed by atoms with Crippen LogP contribution in [-0.2, 0) is 47.2 Å². The van der Waals surface area contributed by atoms with Gasteiger partial charge < -0.3 is 23.7 Å². The number of carbonyl (C=O) groups excluding carboxylic acids is 3. The van der Waals surface area contributed by atoms with Crippen molar-refractivity contribution in [3.63, 3.8) is 0 Å². The molecule has 0 aliphatic rings. The predicted molar refractivity (Wildman–Crippen MR) is 130 cm³/mol. The fourth-order valence-corrected chi connectivity index (χ4v) is 3.68. The Hall–Kier alpha value is -3.49. The van der Waals surface area contributed by atoms with Crippen LogP contribution in [0.4, 0.5) is 5.69 Å². The molecule has 2 rings (SSSR count). The molecule has 2 aromatic rings. The number of ether oxygens (including phenoxy) is 6. The molecule has 0 aromatic heterocycles. The predicted octanol–water partition coefficient (Wildman–Crippen LogP) is 4.48. The molecule has 0 saturated heterocycles. The van der Waals surface area contributed by atoms with Crippen LogP contribution in [0.15, 0.2) is 46.9 Å². The molecular weight excluding hydrogens is 597 g/mol. The van der Waals surface area contributed by atoms with E-state index in [1.807, 2.05) is 0 Å². The highest BCUT2D eigenvalue weighted by Crippen LogP contribution is 2.48. The lowest BCUT2D eigenvalue weighted by Gasteiger charge is -2.14. The molecule has 0 amide bonds. The maximum atomic E-state index is 13.0. The third-order valence-electron chi connectivity index (χ3n) is 4.16. The number of nitro benzene ring substituents is 1. The molecule has 0 aliphatic carbocycles. The molecular formula is C22H22BrNO13P+. The first-order chi connectivity index (χ1) is 18.1. The summed E-state index contributed by atoms with van der Waals surface area (Å²) in [6.45, 7) is -0.268. The monoisotopic (exact) mass is 618 g/mol. The zero-order valence-corrected chi connectivity index (χ0v) is 22.5. The van der Waals surface area contributed by atoms with Crippen molar-refractivity contribution in [2.45, 2.75) is 19.7 Å². The quantitative estimate of drug-likeness (QED) is 0.0519. The second-order valence-corrected chi connectivity index (χ2v) is 9.17. The van der Waals surface area contributed by atoms with Crippen LogP contribution in [0.5, 0.6) is 11.5 Å². The zero-order valence-electron chi connectivity index (χ0n) is 20.0. The average Bonchev–Trinajstić information content (AvgIpc) is 2.86. The van der Waals surface area contributed by atoms with E-state index in [1.165, 1.54) is 12.1 Å². The number of nitrogens with zero attached hydrogens (tertiary/aromatic N) is 1. The molecule has 38 heavy (non-hydrogen) atoms. The van der Waals surface area contributed by atoms with Crippen LogP contribution in [0, 0.1) is 10.1 Å². The number of nitro groups is 1. The Labute approximate surface area is 225 Å². The molecule has 16 heteroatoms. The summed E-state index contributed by atoms with van der Waals surface area (Å²) >= 11 is 3.30. The first-order valence-electron chi connectivity index (χ1n) is 10.5. The maximum absolute atomic E-state index is 13.0. The minimum Gasteiger partial charge on any atom is -0.457 e. The topological polar surface area (TPSA) is 176 Å². The maximum Gasteiger partial charge on any atom is 0.549 e. The molecule has 0 fully saturated rings. The van der Waals surface area contributed by atoms with Gasteiger partial charge in [0.1, 0.15) is 18.1 Å². The van der Waals surface area contributed by atoms with Crippen molar-refractivity contribution in [1.82, 2.24) is 0 Å². The van der Waals surface area contributed by atoms with E-state index in [1.54, 1.807) is 24.3 Å². The van der Waals surface area contributed by atoms with Crippen LogP contribution in [0.2, 0.25) is 0 Å². The summed E-state index contributed by atoms with van der Waals surface area (Å²) in [5.41, 5.74) is -0.435. The molecule has 0 spiro atoms. The van der Waals surface area contributed by atoms with Gasteiger partial charge in [-0.15, -0.1) is 4.52 Å². The molecule has 204 valence electrons. The van der Waals surface area contributed by atoms with E-state index in [-0.39, 0.29) is 17.0 Å². The fraction of sp³-hybridized carbons (Fsp3) is 0.318. The summed E-state index contributed by atoms with van der Waals surface area (Å²) in [6, 6.07) is 10.1. The normalized spacial score (nSPS) is 11.7. The zero-order chi connectivity index (χ0) is 28.1. The molecule has 2 atom stereocenters. The third kappa shape index (κ3) is 10.9. The summed E-state index contributed by atoms with van der Waals surface area (Å²) in [6.07, 6.45) is 0. The van der Waals surface area contributed by atoms with Crippen LogP contribution in [0.1, 0.15) is 25.3 Å². The van der Waals surface area contributed by atoms with Gasteiger partial charge in [0.2, 0.25) is 6.79 Å². The molecule has 0 radical (unpaired) electrons. The van der Waals surface area contributed by atoms with Gasteiger partial charge in [0, 0.05) is 30.5 Å². The first-order valence-corrected chi connectivity index (χ1v) is 12.5. The standard InChI is InChI=1S/C22H22BrNO13P/c1-14(25)32-11-31-10-21(27)34-13-36-38(30)22(35-12-33-15(2)26)19-9-17(24(28)29)5-8-20(19)37-18-6-3-16(23)4-7-18/h3-9,22H,10-13H2,1-2H3/q+1. The van der Waals surface area contributed by atoms with E-state index < -0.39 is 63.7 Å². The van der Waals surface area contributed by atoms with Gasteiger partial charge in [0.05, 0.1) is 10.5 Å². The lowest BCUT2D eigenvalue weighted by molar-refractivity contribution is -0.385. The second kappa shape index (κ2) is 15.7. The molecule has 0 bridgehead atoms. The highest BCUT2D eigenvalue weighted by molar-refractivity contribution is 9.10. The van der Waals surface area contributed by atoms with Crippen molar-refractivity contribution < 1.29 is 56.8 Å². The Bertz CT molecular complexity index is 1160. The molecule has 14 nitrogen and oxygen atoms in total. The smallest absolute Gasteiger partial charge is 0.457 e. The summed E-state index contributed by atoms with van der Waals surface area (Å²) < 4.78 is 48.9. The molecule has 0 N–H and O–H groups in total. The van der Waals surface area contributed by atoms with E-state index in [9.17, 15) is 29.1 Å². The lowest BCUT2D eigenvalue weighted by atomic mass is 10.2. The van der Waals surface area contributed by atoms with Crippen molar-refractivity contribution in [2.24, 2.45) is 0 Å². The van der Waals surface area contributed by atoms with Crippen LogP contribution >= 0.6 is 24.0 Å². The Morgan fingerprint density at radius 3 is 2.26 bits per heavy atom. The number of halogens is 1. The number of rotatable bonds is 15. The number of hydrogen-bond acceptors (Lipinski definition) is 13. The largest absolute Gasteiger partial charge is 0.549 e. The van der Waals surface area contributed by atoms with Gasteiger partial charge in [0.25, 0.3) is 5.69 Å². The highest BCUT2D eigenvalue weighted by atomic mass is 79.9. The third-order valence-corrected chi connectivity index (χ3v) is 5.86. The minimum absolute atomic E-state index is 0.0357. The summed E-state index contributed by atoms with van der Waals surface area (Å²) in [4.78, 5) is 44.3. The van der Waals surface area contributed by atoms with Gasteiger partial charge in [0.15, 0.2) is 13.6 Å². The molecule has 2 aromatic carbocycles. The summed E-state index contributed by atoms with van der Waals surface area (Å²) in [7, 11) is -2.90. The molecule has 0 aliphatic heterocycles. The van der Waals surface area contributed by atoms with E-state index in [0.717, 1.165) is 24.4 Å². The van der Waals surface area contributed by atoms with E-state index in [4.69, 9.17) is 28.2 Å². The van der Waals surface area contributed by atoms with Crippen molar-refractivity contribution >= 4 is 47.6 Å². The Morgan fingerprint density at radius 2 is 1.63 bits per heavy atom. The van der Waals surface area contributed by atoms with E-state index in [2.05, 4.69) is 20.7 Å². The number of carbonyl (C=O) groups is 3. The van der Waals surface area contributed by atoms with Crippen LogP contribution in [0.25, 0.3) is 0 Å². The van der Waals surface area contributed by atoms with Crippen molar-refractivity contribution in [2.75, 3.05) is 27.0 Å². The van der Waals surface area contributed by atoms with Crippen LogP contribution in [0.3, 0.4) is 0 Å². The van der Waals surface area contributed by atoms with E-state index in [0.29, 0.717) is 5.75 Å². The minimum atomic E-state index is -2.90. The first kappa shape index (κ1) is 30.7. The van der Waals surface area contributed by atoms with Gasteiger partial charge in [-0.25, -0.2) is 4.79 Å². The molecule has 0 heterocycles. The number of hydrogen-bond donors (Lipinski definition) is 0. The lowest BCUT2D eigenvalue weighted by Crippen LogP contribution is -2.16. The molecule has 2 unspecified atom stereocenters. The van der Waals surface area contributed by atoms with Crippen LogP contribution in [-0.4, -0.2) is 49.8 Å². The summed E-state index contributed by atoms with van der Waals surface area (Å²) in [5, 5.41) is 11.4. The number of esters is 3. The Kier molecular flexibility index (Phi) is 12.7. The fourth-order valence-electron chi connectivity index (χ4n) is 2.51. The molecule has 0 saturated carbocycles. The SMILES string of the molecule is CC(=O)OCOCC(=O)OCO[P+](=O)C(OCOC(C)=O)c1cc([N+](=O)[O-])ccc1Oc1ccc(Br)cc1. The van der Waals surface area contributed by atoms with Crippen molar-refractivity contribution in [1.29, 1.82) is 0 Å². The Balaban J connectivity index is 2.20. The summed E-state index contributed by atoms with van der Waals surface area (Å²) in [5.74, 6) is -3.40. The Morgan fingerprint density at radius 1 is 0.974 bits per heavy atom. The number of non-ortho nitro benzene ring substituents is 1. The highest BCUT2D eigenvalue weighted by Gasteiger charge is 2.40. The van der Waals surface area contributed by atoms with Gasteiger partial charge >= 0.3 is 31.8 Å². The number of benzene rings is 2. The van der Waals surface area contributed by atoms with Crippen molar-refractivity contribution in [3.8, 4) is 11.5 Å². The van der Waals surface area contributed by atoms with E-state index >= 15 is 0 Å². The van der Waals surface area contributed by atoms with Crippen molar-refractivity contribution in [3.05, 3.63) is 62.6 Å². The average molecular weight is 619 g/mol. The van der Waals surface area contributed by atoms with Gasteiger partial charge in [-0.3, -0.25) is 24.4 Å².